The molecule has 0 radical (unpaired) electrons. The van der Waals surface area contributed by atoms with E-state index in [1.807, 2.05) is 24.4 Å². The first-order valence-corrected chi connectivity index (χ1v) is 6.83. The summed E-state index contributed by atoms with van der Waals surface area (Å²) < 4.78 is 0. The Morgan fingerprint density at radius 1 is 1.42 bits per heavy atom. The summed E-state index contributed by atoms with van der Waals surface area (Å²) >= 11 is 0. The molecule has 0 aromatic carbocycles. The molecule has 5 heteroatoms. The Bertz CT molecular complexity index is 376. The summed E-state index contributed by atoms with van der Waals surface area (Å²) in [6.07, 6.45) is 3.87. The fourth-order valence-corrected chi connectivity index (χ4v) is 2.27. The normalized spacial score (nSPS) is 20.3. The van der Waals surface area contributed by atoms with Gasteiger partial charge in [0, 0.05) is 31.9 Å². The number of rotatable bonds is 5. The zero-order valence-electron chi connectivity index (χ0n) is 11.4. The van der Waals surface area contributed by atoms with E-state index in [0.717, 1.165) is 31.7 Å². The van der Waals surface area contributed by atoms with E-state index in [1.165, 1.54) is 0 Å². The predicted octanol–water partition coefficient (Wildman–Crippen LogP) is 0.383. The Hall–Kier alpha value is -1.17. The molecule has 0 spiro atoms. The molecule has 0 aliphatic carbocycles. The zero-order valence-corrected chi connectivity index (χ0v) is 11.4. The summed E-state index contributed by atoms with van der Waals surface area (Å²) in [5.41, 5.74) is -1.03. The van der Waals surface area contributed by atoms with Gasteiger partial charge in [-0.1, -0.05) is 6.07 Å². The predicted molar refractivity (Wildman–Crippen MR) is 75.2 cm³/mol. The van der Waals surface area contributed by atoms with E-state index in [0.29, 0.717) is 12.6 Å². The molecule has 3 N–H and O–H groups in total. The van der Waals surface area contributed by atoms with Gasteiger partial charge >= 0.3 is 0 Å². The molecule has 19 heavy (non-hydrogen) atoms. The minimum Gasteiger partial charge on any atom is -0.393 e. The van der Waals surface area contributed by atoms with Gasteiger partial charge < -0.3 is 20.4 Å². The summed E-state index contributed by atoms with van der Waals surface area (Å²) in [7, 11) is 0. The number of nitrogens with one attached hydrogen (secondary N) is 1. The highest BCUT2D eigenvalue weighted by atomic mass is 16.3. The summed E-state index contributed by atoms with van der Waals surface area (Å²) in [4.78, 5) is 6.64. The van der Waals surface area contributed by atoms with Crippen LogP contribution in [0.2, 0.25) is 0 Å². The maximum Gasteiger partial charge on any atom is 0.128 e. The Balaban J connectivity index is 1.77. The quantitative estimate of drug-likeness (QED) is 0.718. The van der Waals surface area contributed by atoms with E-state index in [-0.39, 0.29) is 6.61 Å². The van der Waals surface area contributed by atoms with Crippen LogP contribution in [0.25, 0.3) is 0 Å². The molecule has 1 aromatic heterocycles. The lowest BCUT2D eigenvalue weighted by Crippen LogP contribution is -2.49. The van der Waals surface area contributed by atoms with Gasteiger partial charge in [0.1, 0.15) is 5.82 Å². The van der Waals surface area contributed by atoms with Gasteiger partial charge in [0.2, 0.25) is 0 Å². The number of aliphatic hydroxyl groups excluding tert-OH is 1. The first-order valence-electron chi connectivity index (χ1n) is 6.83. The molecule has 0 amide bonds. The van der Waals surface area contributed by atoms with E-state index in [1.54, 1.807) is 6.92 Å². The largest absolute Gasteiger partial charge is 0.393 e. The molecule has 1 fully saturated rings. The second kappa shape index (κ2) is 6.32. The number of hydrogen-bond donors (Lipinski definition) is 3. The van der Waals surface area contributed by atoms with Crippen molar-refractivity contribution in [2.75, 3.05) is 31.1 Å². The number of hydrogen-bond acceptors (Lipinski definition) is 5. The summed E-state index contributed by atoms with van der Waals surface area (Å²) in [6, 6.07) is 6.36. The maximum atomic E-state index is 9.75. The second-order valence-electron chi connectivity index (χ2n) is 5.49. The summed E-state index contributed by atoms with van der Waals surface area (Å²) in [5, 5.41) is 22.1. The van der Waals surface area contributed by atoms with E-state index < -0.39 is 5.60 Å². The van der Waals surface area contributed by atoms with Crippen molar-refractivity contribution in [3.8, 4) is 0 Å². The SMILES string of the molecule is CC(O)(CO)CNC1CCN(c2ccccn2)CC1. The minimum absolute atomic E-state index is 0.215. The molecule has 1 unspecified atom stereocenters. The van der Waals surface area contributed by atoms with Crippen molar-refractivity contribution in [3.05, 3.63) is 24.4 Å². The first kappa shape index (κ1) is 14.2. The van der Waals surface area contributed by atoms with Gasteiger partial charge in [-0.25, -0.2) is 4.98 Å². The third kappa shape index (κ3) is 4.16. The molecule has 0 bridgehead atoms. The molecule has 5 nitrogen and oxygen atoms in total. The lowest BCUT2D eigenvalue weighted by Gasteiger charge is -2.34. The molecule has 1 aromatic rings. The number of anilines is 1. The number of nitrogens with zero attached hydrogens (tertiary/aromatic N) is 2. The zero-order chi connectivity index (χ0) is 13.7. The van der Waals surface area contributed by atoms with Crippen molar-refractivity contribution >= 4 is 5.82 Å². The second-order valence-corrected chi connectivity index (χ2v) is 5.49. The molecular weight excluding hydrogens is 242 g/mol. The van der Waals surface area contributed by atoms with Gasteiger partial charge in [-0.2, -0.15) is 0 Å². The van der Waals surface area contributed by atoms with Crippen molar-refractivity contribution < 1.29 is 10.2 Å². The molecule has 1 atom stereocenters. The Kier molecular flexibility index (Phi) is 4.74. The fraction of sp³-hybridized carbons (Fsp3) is 0.643. The van der Waals surface area contributed by atoms with E-state index in [4.69, 9.17) is 5.11 Å². The van der Waals surface area contributed by atoms with Crippen LogP contribution in [-0.2, 0) is 0 Å². The number of pyridine rings is 1. The molecule has 0 saturated carbocycles. The van der Waals surface area contributed by atoms with Gasteiger partial charge in [0.15, 0.2) is 0 Å². The van der Waals surface area contributed by atoms with Crippen LogP contribution in [0.1, 0.15) is 19.8 Å². The van der Waals surface area contributed by atoms with Crippen LogP contribution in [0.3, 0.4) is 0 Å². The molecule has 2 rings (SSSR count). The van der Waals surface area contributed by atoms with Gasteiger partial charge in [0.25, 0.3) is 0 Å². The van der Waals surface area contributed by atoms with Crippen molar-refractivity contribution in [1.82, 2.24) is 10.3 Å². The molecule has 1 aliphatic heterocycles. The molecule has 106 valence electrons. The fourth-order valence-electron chi connectivity index (χ4n) is 2.27. The van der Waals surface area contributed by atoms with Crippen LogP contribution in [0.5, 0.6) is 0 Å². The van der Waals surface area contributed by atoms with E-state index in [2.05, 4.69) is 15.2 Å². The van der Waals surface area contributed by atoms with E-state index >= 15 is 0 Å². The lowest BCUT2D eigenvalue weighted by atomic mass is 10.0. The monoisotopic (exact) mass is 265 g/mol. The average Bonchev–Trinajstić information content (AvgIpc) is 2.47. The van der Waals surface area contributed by atoms with Crippen LogP contribution in [0, 0.1) is 0 Å². The number of piperidine rings is 1. The minimum atomic E-state index is -1.03. The highest BCUT2D eigenvalue weighted by Crippen LogP contribution is 2.17. The Morgan fingerprint density at radius 2 is 2.16 bits per heavy atom. The van der Waals surface area contributed by atoms with Crippen molar-refractivity contribution in [2.45, 2.75) is 31.4 Å². The van der Waals surface area contributed by atoms with Gasteiger partial charge in [0.05, 0.1) is 12.2 Å². The van der Waals surface area contributed by atoms with Crippen LogP contribution >= 0.6 is 0 Å². The Morgan fingerprint density at radius 3 is 2.74 bits per heavy atom. The smallest absolute Gasteiger partial charge is 0.128 e. The third-order valence-electron chi connectivity index (χ3n) is 3.58. The van der Waals surface area contributed by atoms with Gasteiger partial charge in [-0.05, 0) is 31.9 Å². The molecule has 1 aliphatic rings. The maximum absolute atomic E-state index is 9.75. The van der Waals surface area contributed by atoms with Crippen LogP contribution in [0.4, 0.5) is 5.82 Å². The van der Waals surface area contributed by atoms with E-state index in [9.17, 15) is 5.11 Å². The van der Waals surface area contributed by atoms with Crippen LogP contribution in [0.15, 0.2) is 24.4 Å². The van der Waals surface area contributed by atoms with Crippen molar-refractivity contribution in [3.63, 3.8) is 0 Å². The summed E-state index contributed by atoms with van der Waals surface area (Å²) in [6.45, 7) is 3.79. The first-order chi connectivity index (χ1) is 9.11. The summed E-state index contributed by atoms with van der Waals surface area (Å²) in [5.74, 6) is 1.03. The average molecular weight is 265 g/mol. The van der Waals surface area contributed by atoms with Crippen molar-refractivity contribution in [2.24, 2.45) is 0 Å². The standard InChI is InChI=1S/C14H23N3O2/c1-14(19,11-18)10-16-12-5-8-17(9-6-12)13-4-2-3-7-15-13/h2-4,7,12,16,18-19H,5-6,8-11H2,1H3. The van der Waals surface area contributed by atoms with Crippen LogP contribution < -0.4 is 10.2 Å². The molecule has 2 heterocycles. The molecule has 1 saturated heterocycles. The van der Waals surface area contributed by atoms with Gasteiger partial charge in [-0.15, -0.1) is 0 Å². The van der Waals surface area contributed by atoms with Crippen LogP contribution in [-0.4, -0.2) is 53.1 Å². The van der Waals surface area contributed by atoms with Crippen molar-refractivity contribution in [1.29, 1.82) is 0 Å². The highest BCUT2D eigenvalue weighted by molar-refractivity contribution is 5.38. The lowest BCUT2D eigenvalue weighted by molar-refractivity contribution is 0.000212. The number of aliphatic hydroxyl groups is 2. The molecular formula is C14H23N3O2. The Labute approximate surface area is 114 Å². The highest BCUT2D eigenvalue weighted by Gasteiger charge is 2.24. The van der Waals surface area contributed by atoms with Gasteiger partial charge in [-0.3, -0.25) is 0 Å². The number of aromatic nitrogens is 1. The third-order valence-corrected chi connectivity index (χ3v) is 3.58. The topological polar surface area (TPSA) is 68.6 Å².